The van der Waals surface area contributed by atoms with Gasteiger partial charge >= 0.3 is 0 Å². The molecule has 7 heteroatoms. The highest BCUT2D eigenvalue weighted by Crippen LogP contribution is 2.24. The van der Waals surface area contributed by atoms with Gasteiger partial charge in [-0.2, -0.15) is 4.98 Å². The van der Waals surface area contributed by atoms with Crippen molar-refractivity contribution in [2.75, 3.05) is 5.73 Å². The SMILES string of the molecule is Nc1ccc(-c2noc(-c3ccc([N+](=O)[O-])cc3)n2)cc1. The van der Waals surface area contributed by atoms with Gasteiger partial charge in [0.15, 0.2) is 0 Å². The van der Waals surface area contributed by atoms with Gasteiger partial charge in [0.2, 0.25) is 5.82 Å². The minimum atomic E-state index is -0.461. The molecule has 3 aromatic rings. The van der Waals surface area contributed by atoms with Crippen LogP contribution in [0.4, 0.5) is 11.4 Å². The van der Waals surface area contributed by atoms with Crippen LogP contribution in [-0.4, -0.2) is 15.1 Å². The molecule has 0 radical (unpaired) electrons. The van der Waals surface area contributed by atoms with Crippen molar-refractivity contribution in [3.8, 4) is 22.8 Å². The molecule has 7 nitrogen and oxygen atoms in total. The zero-order chi connectivity index (χ0) is 14.8. The van der Waals surface area contributed by atoms with E-state index in [1.165, 1.54) is 12.1 Å². The number of nitro benzene ring substituents is 1. The number of aromatic nitrogens is 2. The van der Waals surface area contributed by atoms with Crippen molar-refractivity contribution in [1.29, 1.82) is 0 Å². The number of non-ortho nitro benzene ring substituents is 1. The second kappa shape index (κ2) is 5.04. The van der Waals surface area contributed by atoms with Crippen molar-refractivity contribution in [1.82, 2.24) is 10.1 Å². The molecule has 2 aromatic carbocycles. The van der Waals surface area contributed by atoms with Gasteiger partial charge < -0.3 is 10.3 Å². The molecule has 104 valence electrons. The van der Waals surface area contributed by atoms with Crippen LogP contribution in [0.3, 0.4) is 0 Å². The summed E-state index contributed by atoms with van der Waals surface area (Å²) in [4.78, 5) is 14.4. The predicted octanol–water partition coefficient (Wildman–Crippen LogP) is 2.89. The minimum absolute atomic E-state index is 0.0111. The van der Waals surface area contributed by atoms with Gasteiger partial charge in [-0.1, -0.05) is 5.16 Å². The summed E-state index contributed by atoms with van der Waals surface area (Å²) < 4.78 is 5.17. The molecule has 0 saturated heterocycles. The Hall–Kier alpha value is -3.22. The van der Waals surface area contributed by atoms with E-state index in [2.05, 4.69) is 10.1 Å². The summed E-state index contributed by atoms with van der Waals surface area (Å²) in [6.07, 6.45) is 0. The summed E-state index contributed by atoms with van der Waals surface area (Å²) in [7, 11) is 0. The number of anilines is 1. The molecule has 0 bridgehead atoms. The van der Waals surface area contributed by atoms with Crippen LogP contribution in [0.2, 0.25) is 0 Å². The molecule has 0 aliphatic rings. The Morgan fingerprint density at radius 1 is 1.00 bits per heavy atom. The second-order valence-electron chi connectivity index (χ2n) is 4.35. The van der Waals surface area contributed by atoms with E-state index in [0.29, 0.717) is 23.0 Å². The first-order chi connectivity index (χ1) is 10.1. The van der Waals surface area contributed by atoms with Crippen molar-refractivity contribution in [2.45, 2.75) is 0 Å². The Morgan fingerprint density at radius 2 is 1.62 bits per heavy atom. The van der Waals surface area contributed by atoms with Gasteiger partial charge in [-0.25, -0.2) is 0 Å². The van der Waals surface area contributed by atoms with Crippen molar-refractivity contribution in [3.63, 3.8) is 0 Å². The van der Waals surface area contributed by atoms with Crippen LogP contribution in [0.15, 0.2) is 53.1 Å². The molecular weight excluding hydrogens is 272 g/mol. The number of hydrogen-bond donors (Lipinski definition) is 1. The molecule has 2 N–H and O–H groups in total. The Bertz CT molecular complexity index is 779. The van der Waals surface area contributed by atoms with Crippen LogP contribution >= 0.6 is 0 Å². The van der Waals surface area contributed by atoms with Gasteiger partial charge in [-0.3, -0.25) is 10.1 Å². The molecule has 0 spiro atoms. The number of nitrogens with zero attached hydrogens (tertiary/aromatic N) is 3. The summed E-state index contributed by atoms with van der Waals surface area (Å²) in [5.74, 6) is 0.736. The van der Waals surface area contributed by atoms with Crippen LogP contribution in [-0.2, 0) is 0 Å². The van der Waals surface area contributed by atoms with E-state index in [-0.39, 0.29) is 5.69 Å². The second-order valence-corrected chi connectivity index (χ2v) is 4.35. The van der Waals surface area contributed by atoms with Crippen molar-refractivity contribution >= 4 is 11.4 Å². The maximum absolute atomic E-state index is 10.6. The molecule has 0 saturated carbocycles. The Balaban J connectivity index is 1.90. The summed E-state index contributed by atoms with van der Waals surface area (Å²) in [5.41, 5.74) is 7.68. The Labute approximate surface area is 119 Å². The van der Waals surface area contributed by atoms with Crippen molar-refractivity contribution in [2.24, 2.45) is 0 Å². The lowest BCUT2D eigenvalue weighted by Gasteiger charge is -1.95. The molecule has 0 aliphatic heterocycles. The van der Waals surface area contributed by atoms with Crippen LogP contribution in [0.25, 0.3) is 22.8 Å². The standard InChI is InChI=1S/C14H10N4O3/c15-11-5-1-9(2-6-11)13-16-14(21-17-13)10-3-7-12(8-4-10)18(19)20/h1-8H,15H2. The lowest BCUT2D eigenvalue weighted by atomic mass is 10.2. The van der Waals surface area contributed by atoms with E-state index in [1.54, 1.807) is 36.4 Å². The lowest BCUT2D eigenvalue weighted by molar-refractivity contribution is -0.384. The van der Waals surface area contributed by atoms with E-state index >= 15 is 0 Å². The fraction of sp³-hybridized carbons (Fsp3) is 0. The van der Waals surface area contributed by atoms with Crippen LogP contribution in [0.5, 0.6) is 0 Å². The fourth-order valence-corrected chi connectivity index (χ4v) is 1.82. The molecule has 0 fully saturated rings. The van der Waals surface area contributed by atoms with Crippen molar-refractivity contribution < 1.29 is 9.45 Å². The summed E-state index contributed by atoms with van der Waals surface area (Å²) >= 11 is 0. The molecule has 21 heavy (non-hydrogen) atoms. The first kappa shape index (κ1) is 12.8. The lowest BCUT2D eigenvalue weighted by Crippen LogP contribution is -1.87. The zero-order valence-electron chi connectivity index (χ0n) is 10.8. The number of nitrogens with two attached hydrogens (primary N) is 1. The third-order valence-electron chi connectivity index (χ3n) is 2.92. The van der Waals surface area contributed by atoms with Gasteiger partial charge in [0, 0.05) is 28.9 Å². The van der Waals surface area contributed by atoms with E-state index in [4.69, 9.17) is 10.3 Å². The fourth-order valence-electron chi connectivity index (χ4n) is 1.82. The van der Waals surface area contributed by atoms with E-state index in [0.717, 1.165) is 5.56 Å². The van der Waals surface area contributed by atoms with Gasteiger partial charge in [-0.05, 0) is 36.4 Å². The van der Waals surface area contributed by atoms with Gasteiger partial charge in [0.05, 0.1) is 4.92 Å². The summed E-state index contributed by atoms with van der Waals surface area (Å²) in [5, 5.41) is 14.5. The third kappa shape index (κ3) is 2.57. The monoisotopic (exact) mass is 282 g/mol. The number of nitro groups is 1. The van der Waals surface area contributed by atoms with E-state index in [1.807, 2.05) is 0 Å². The van der Waals surface area contributed by atoms with Gasteiger partial charge in [0.25, 0.3) is 11.6 Å². The maximum atomic E-state index is 10.6. The van der Waals surface area contributed by atoms with E-state index < -0.39 is 4.92 Å². The average Bonchev–Trinajstić information content (AvgIpc) is 2.98. The maximum Gasteiger partial charge on any atom is 0.269 e. The first-order valence-corrected chi connectivity index (χ1v) is 6.08. The molecule has 1 heterocycles. The highest BCUT2D eigenvalue weighted by molar-refractivity contribution is 5.62. The highest BCUT2D eigenvalue weighted by atomic mass is 16.6. The van der Waals surface area contributed by atoms with Gasteiger partial charge in [0.1, 0.15) is 0 Å². The predicted molar refractivity (Wildman–Crippen MR) is 76.2 cm³/mol. The third-order valence-corrected chi connectivity index (χ3v) is 2.92. The smallest absolute Gasteiger partial charge is 0.269 e. The molecule has 0 unspecified atom stereocenters. The molecule has 3 rings (SSSR count). The van der Waals surface area contributed by atoms with Gasteiger partial charge in [-0.15, -0.1) is 0 Å². The Kier molecular flexibility index (Phi) is 3.07. The van der Waals surface area contributed by atoms with Crippen molar-refractivity contribution in [3.05, 3.63) is 58.6 Å². The number of nitrogen functional groups attached to an aromatic ring is 1. The summed E-state index contributed by atoms with van der Waals surface area (Å²) in [6, 6.07) is 13.0. The summed E-state index contributed by atoms with van der Waals surface area (Å²) in [6.45, 7) is 0. The zero-order valence-corrected chi connectivity index (χ0v) is 10.8. The number of benzene rings is 2. The van der Waals surface area contributed by atoms with Crippen LogP contribution in [0, 0.1) is 10.1 Å². The molecule has 0 atom stereocenters. The number of hydrogen-bond acceptors (Lipinski definition) is 6. The quantitative estimate of drug-likeness (QED) is 0.449. The van der Waals surface area contributed by atoms with E-state index in [9.17, 15) is 10.1 Å². The topological polar surface area (TPSA) is 108 Å². The average molecular weight is 282 g/mol. The minimum Gasteiger partial charge on any atom is -0.399 e. The molecule has 0 amide bonds. The highest BCUT2D eigenvalue weighted by Gasteiger charge is 2.12. The normalized spacial score (nSPS) is 10.5. The van der Waals surface area contributed by atoms with Crippen LogP contribution in [0.1, 0.15) is 0 Å². The molecule has 0 aliphatic carbocycles. The Morgan fingerprint density at radius 3 is 2.24 bits per heavy atom. The largest absolute Gasteiger partial charge is 0.399 e. The first-order valence-electron chi connectivity index (χ1n) is 6.08. The van der Waals surface area contributed by atoms with Crippen LogP contribution < -0.4 is 5.73 Å². The number of rotatable bonds is 3. The molecule has 1 aromatic heterocycles. The molecular formula is C14H10N4O3.